The second kappa shape index (κ2) is 6.98. The first-order valence-corrected chi connectivity index (χ1v) is 5.78. The van der Waals surface area contributed by atoms with Crippen molar-refractivity contribution >= 4 is 5.91 Å². The lowest BCUT2D eigenvalue weighted by atomic mass is 10.1. The lowest BCUT2D eigenvalue weighted by molar-refractivity contribution is -0.124. The van der Waals surface area contributed by atoms with Crippen LogP contribution < -0.4 is 10.1 Å². The molecule has 0 saturated heterocycles. The van der Waals surface area contributed by atoms with Gasteiger partial charge in [-0.05, 0) is 31.0 Å². The second-order valence-electron chi connectivity index (χ2n) is 4.19. The number of amides is 1. The van der Waals surface area contributed by atoms with Crippen molar-refractivity contribution in [1.82, 2.24) is 5.32 Å². The van der Waals surface area contributed by atoms with E-state index in [2.05, 4.69) is 5.32 Å². The zero-order valence-electron chi connectivity index (χ0n) is 10.6. The summed E-state index contributed by atoms with van der Waals surface area (Å²) in [5.74, 6) is 0.290. The Morgan fingerprint density at radius 1 is 1.33 bits per heavy atom. The Hall–Kier alpha value is -1.59. The first-order chi connectivity index (χ1) is 8.56. The van der Waals surface area contributed by atoms with E-state index in [9.17, 15) is 4.79 Å². The van der Waals surface area contributed by atoms with Crippen molar-refractivity contribution in [3.05, 3.63) is 29.3 Å². The molecule has 5 heteroatoms. The van der Waals surface area contributed by atoms with E-state index in [0.29, 0.717) is 5.75 Å². The molecule has 3 N–H and O–H groups in total. The SMILES string of the molecule is Cc1ccc(C)c(OCC(=O)NC(CO)CO)c1. The molecule has 1 rings (SSSR count). The van der Waals surface area contributed by atoms with E-state index < -0.39 is 6.04 Å². The molecule has 0 unspecified atom stereocenters. The molecule has 0 aromatic heterocycles. The minimum absolute atomic E-state index is 0.138. The van der Waals surface area contributed by atoms with Gasteiger partial charge in [0.25, 0.3) is 5.91 Å². The van der Waals surface area contributed by atoms with Gasteiger partial charge in [0, 0.05) is 0 Å². The van der Waals surface area contributed by atoms with Crippen LogP contribution in [0.4, 0.5) is 0 Å². The summed E-state index contributed by atoms with van der Waals surface area (Å²) in [6.45, 7) is 3.11. The van der Waals surface area contributed by atoms with E-state index in [1.165, 1.54) is 0 Å². The van der Waals surface area contributed by atoms with Gasteiger partial charge < -0.3 is 20.3 Å². The molecule has 0 atom stereocenters. The van der Waals surface area contributed by atoms with Gasteiger partial charge in [-0.25, -0.2) is 0 Å². The standard InChI is InChI=1S/C13H19NO4/c1-9-3-4-10(2)12(5-9)18-8-13(17)14-11(6-15)7-16/h3-5,11,15-16H,6-8H2,1-2H3,(H,14,17). The van der Waals surface area contributed by atoms with Crippen LogP contribution in [0.1, 0.15) is 11.1 Å². The molecule has 0 radical (unpaired) electrons. The van der Waals surface area contributed by atoms with E-state index >= 15 is 0 Å². The van der Waals surface area contributed by atoms with Gasteiger partial charge in [0.15, 0.2) is 6.61 Å². The third-order valence-electron chi connectivity index (χ3n) is 2.51. The molecular formula is C13H19NO4. The Morgan fingerprint density at radius 2 is 2.00 bits per heavy atom. The topological polar surface area (TPSA) is 78.8 Å². The number of carbonyl (C=O) groups is 1. The molecule has 0 spiro atoms. The monoisotopic (exact) mass is 253 g/mol. The Bertz CT molecular complexity index is 402. The van der Waals surface area contributed by atoms with Gasteiger partial charge in [0.05, 0.1) is 19.3 Å². The van der Waals surface area contributed by atoms with Crippen molar-refractivity contribution in [2.75, 3.05) is 19.8 Å². The molecule has 0 fully saturated rings. The van der Waals surface area contributed by atoms with Crippen LogP contribution >= 0.6 is 0 Å². The number of aliphatic hydroxyl groups excluding tert-OH is 2. The molecule has 1 aromatic carbocycles. The van der Waals surface area contributed by atoms with Crippen LogP contribution in [-0.2, 0) is 4.79 Å². The van der Waals surface area contributed by atoms with Gasteiger partial charge in [-0.15, -0.1) is 0 Å². The van der Waals surface area contributed by atoms with Gasteiger partial charge in [-0.2, -0.15) is 0 Å². The van der Waals surface area contributed by atoms with Crippen LogP contribution in [-0.4, -0.2) is 42.0 Å². The van der Waals surface area contributed by atoms with Gasteiger partial charge in [-0.1, -0.05) is 12.1 Å². The molecule has 1 aromatic rings. The zero-order chi connectivity index (χ0) is 13.5. The molecule has 100 valence electrons. The van der Waals surface area contributed by atoms with E-state index in [0.717, 1.165) is 11.1 Å². The van der Waals surface area contributed by atoms with Crippen LogP contribution in [0.2, 0.25) is 0 Å². The van der Waals surface area contributed by atoms with Crippen molar-refractivity contribution in [3.63, 3.8) is 0 Å². The Morgan fingerprint density at radius 3 is 2.61 bits per heavy atom. The minimum atomic E-state index is -0.639. The fraction of sp³-hybridized carbons (Fsp3) is 0.462. The number of carbonyl (C=O) groups excluding carboxylic acids is 1. The molecule has 0 aliphatic carbocycles. The predicted octanol–water partition coefficient (Wildman–Crippen LogP) is 0.152. The fourth-order valence-corrected chi connectivity index (χ4v) is 1.42. The highest BCUT2D eigenvalue weighted by Gasteiger charge is 2.11. The molecule has 1 amide bonds. The molecule has 0 bridgehead atoms. The van der Waals surface area contributed by atoms with Crippen molar-refractivity contribution in [1.29, 1.82) is 0 Å². The Labute approximate surface area is 106 Å². The fourth-order valence-electron chi connectivity index (χ4n) is 1.42. The van der Waals surface area contributed by atoms with E-state index in [1.54, 1.807) is 0 Å². The maximum absolute atomic E-state index is 11.5. The van der Waals surface area contributed by atoms with Crippen molar-refractivity contribution in [2.24, 2.45) is 0 Å². The van der Waals surface area contributed by atoms with Crippen LogP contribution in [0.5, 0.6) is 5.75 Å². The van der Waals surface area contributed by atoms with Crippen molar-refractivity contribution in [3.8, 4) is 5.75 Å². The van der Waals surface area contributed by atoms with Crippen LogP contribution in [0.3, 0.4) is 0 Å². The number of aliphatic hydroxyl groups is 2. The summed E-state index contributed by atoms with van der Waals surface area (Å²) in [4.78, 5) is 11.5. The number of benzene rings is 1. The summed E-state index contributed by atoms with van der Waals surface area (Å²) in [7, 11) is 0. The van der Waals surface area contributed by atoms with Gasteiger partial charge in [0.2, 0.25) is 0 Å². The highest BCUT2D eigenvalue weighted by molar-refractivity contribution is 5.77. The Balaban J connectivity index is 2.49. The normalized spacial score (nSPS) is 10.5. The molecule has 5 nitrogen and oxygen atoms in total. The molecule has 0 aliphatic heterocycles. The largest absolute Gasteiger partial charge is 0.483 e. The summed E-state index contributed by atoms with van der Waals surface area (Å²) < 4.78 is 5.39. The smallest absolute Gasteiger partial charge is 0.258 e. The maximum Gasteiger partial charge on any atom is 0.258 e. The number of nitrogens with one attached hydrogen (secondary N) is 1. The number of ether oxygens (including phenoxy) is 1. The van der Waals surface area contributed by atoms with Gasteiger partial charge in [-0.3, -0.25) is 4.79 Å². The molecule has 0 heterocycles. The number of hydrogen-bond acceptors (Lipinski definition) is 4. The van der Waals surface area contributed by atoms with E-state index in [1.807, 2.05) is 32.0 Å². The van der Waals surface area contributed by atoms with E-state index in [-0.39, 0.29) is 25.7 Å². The maximum atomic E-state index is 11.5. The highest BCUT2D eigenvalue weighted by Crippen LogP contribution is 2.18. The van der Waals surface area contributed by atoms with Crippen LogP contribution in [0.25, 0.3) is 0 Å². The second-order valence-corrected chi connectivity index (χ2v) is 4.19. The number of rotatable bonds is 6. The number of aryl methyl sites for hydroxylation is 2. The quantitative estimate of drug-likeness (QED) is 0.674. The highest BCUT2D eigenvalue weighted by atomic mass is 16.5. The zero-order valence-corrected chi connectivity index (χ0v) is 10.6. The Kier molecular flexibility index (Phi) is 5.61. The molecule has 18 heavy (non-hydrogen) atoms. The summed E-state index contributed by atoms with van der Waals surface area (Å²) >= 11 is 0. The van der Waals surface area contributed by atoms with Gasteiger partial charge >= 0.3 is 0 Å². The first kappa shape index (κ1) is 14.5. The summed E-state index contributed by atoms with van der Waals surface area (Å²) in [5.41, 5.74) is 2.01. The third-order valence-corrected chi connectivity index (χ3v) is 2.51. The molecule has 0 aliphatic rings. The van der Waals surface area contributed by atoms with Crippen molar-refractivity contribution in [2.45, 2.75) is 19.9 Å². The van der Waals surface area contributed by atoms with Gasteiger partial charge in [0.1, 0.15) is 5.75 Å². The lowest BCUT2D eigenvalue weighted by Gasteiger charge is -2.14. The lowest BCUT2D eigenvalue weighted by Crippen LogP contribution is -2.42. The van der Waals surface area contributed by atoms with E-state index in [4.69, 9.17) is 14.9 Å². The predicted molar refractivity (Wildman–Crippen MR) is 67.5 cm³/mol. The average Bonchev–Trinajstić information content (AvgIpc) is 2.37. The minimum Gasteiger partial charge on any atom is -0.483 e. The van der Waals surface area contributed by atoms with Crippen LogP contribution in [0.15, 0.2) is 18.2 Å². The molecular weight excluding hydrogens is 234 g/mol. The third kappa shape index (κ3) is 4.35. The molecule has 0 saturated carbocycles. The number of hydrogen-bond donors (Lipinski definition) is 3. The summed E-state index contributed by atoms with van der Waals surface area (Å²) in [6, 6.07) is 5.11. The van der Waals surface area contributed by atoms with Crippen molar-refractivity contribution < 1.29 is 19.7 Å². The first-order valence-electron chi connectivity index (χ1n) is 5.78. The van der Waals surface area contributed by atoms with Crippen LogP contribution in [0, 0.1) is 13.8 Å². The average molecular weight is 253 g/mol. The summed E-state index contributed by atoms with van der Waals surface area (Å²) in [6.07, 6.45) is 0. The summed E-state index contributed by atoms with van der Waals surface area (Å²) in [5, 5.41) is 20.1.